The van der Waals surface area contributed by atoms with Gasteiger partial charge in [0.2, 0.25) is 0 Å². The van der Waals surface area contributed by atoms with Crippen LogP contribution in [0.2, 0.25) is 0 Å². The molecule has 0 fully saturated rings. The van der Waals surface area contributed by atoms with E-state index in [1.165, 1.54) is 0 Å². The van der Waals surface area contributed by atoms with Crippen molar-refractivity contribution in [3.05, 3.63) is 72.6 Å². The van der Waals surface area contributed by atoms with E-state index in [0.717, 1.165) is 11.1 Å². The molecule has 1 aromatic heterocycles. The number of nitrogens with zero attached hydrogens (tertiary/aromatic N) is 2. The van der Waals surface area contributed by atoms with Crippen LogP contribution in [-0.2, 0) is 21.1 Å². The van der Waals surface area contributed by atoms with E-state index in [1.807, 2.05) is 63.2 Å². The predicted molar refractivity (Wildman–Crippen MR) is 100.0 cm³/mol. The summed E-state index contributed by atoms with van der Waals surface area (Å²) in [6.45, 7) is 6.09. The molecule has 3 rings (SSSR count). The molecular formula is C20H22N2O2S. The maximum absolute atomic E-state index is 12.7. The summed E-state index contributed by atoms with van der Waals surface area (Å²) in [6, 6.07) is 16.9. The lowest BCUT2D eigenvalue weighted by Gasteiger charge is -2.18. The fourth-order valence-electron chi connectivity index (χ4n) is 2.59. The van der Waals surface area contributed by atoms with E-state index >= 15 is 0 Å². The van der Waals surface area contributed by atoms with E-state index in [2.05, 4.69) is 5.10 Å². The van der Waals surface area contributed by atoms with Crippen LogP contribution in [0, 0.1) is 0 Å². The third kappa shape index (κ3) is 3.99. The van der Waals surface area contributed by atoms with Gasteiger partial charge in [0.15, 0.2) is 9.84 Å². The Morgan fingerprint density at radius 2 is 1.52 bits per heavy atom. The van der Waals surface area contributed by atoms with Gasteiger partial charge in [0, 0.05) is 11.8 Å². The maximum atomic E-state index is 12.7. The van der Waals surface area contributed by atoms with Crippen molar-refractivity contribution in [1.29, 1.82) is 0 Å². The van der Waals surface area contributed by atoms with Gasteiger partial charge in [-0.3, -0.25) is 4.68 Å². The van der Waals surface area contributed by atoms with Crippen LogP contribution in [-0.4, -0.2) is 18.2 Å². The van der Waals surface area contributed by atoms with Gasteiger partial charge >= 0.3 is 0 Å². The van der Waals surface area contributed by atoms with Crippen LogP contribution in [0.15, 0.2) is 71.9 Å². The minimum Gasteiger partial charge on any atom is -0.267 e. The van der Waals surface area contributed by atoms with Gasteiger partial charge in [-0.25, -0.2) is 8.42 Å². The highest BCUT2D eigenvalue weighted by Gasteiger charge is 2.19. The summed E-state index contributed by atoms with van der Waals surface area (Å²) < 4.78 is 27.1. The molecule has 4 nitrogen and oxygen atoms in total. The molecule has 0 unspecified atom stereocenters. The first kappa shape index (κ1) is 17.4. The van der Waals surface area contributed by atoms with Crippen LogP contribution in [0.4, 0.5) is 0 Å². The minimum absolute atomic E-state index is 0.0479. The predicted octanol–water partition coefficient (Wildman–Crippen LogP) is 4.28. The molecule has 0 amide bonds. The Kier molecular flexibility index (Phi) is 4.52. The van der Waals surface area contributed by atoms with Crippen molar-refractivity contribution in [3.63, 3.8) is 0 Å². The summed E-state index contributed by atoms with van der Waals surface area (Å²) >= 11 is 0. The fourth-order valence-corrected chi connectivity index (χ4v) is 3.89. The van der Waals surface area contributed by atoms with Crippen LogP contribution in [0.5, 0.6) is 0 Å². The summed E-state index contributed by atoms with van der Waals surface area (Å²) in [7, 11) is -3.40. The average molecular weight is 354 g/mol. The number of aromatic nitrogens is 2. The van der Waals surface area contributed by atoms with Crippen molar-refractivity contribution in [2.24, 2.45) is 0 Å². The molecule has 0 radical (unpaired) electrons. The summed E-state index contributed by atoms with van der Waals surface area (Å²) in [5.41, 5.74) is 2.60. The zero-order valence-electron chi connectivity index (χ0n) is 14.7. The van der Waals surface area contributed by atoms with Crippen molar-refractivity contribution in [2.75, 3.05) is 0 Å². The molecule has 0 N–H and O–H groups in total. The first-order valence-corrected chi connectivity index (χ1v) is 9.83. The van der Waals surface area contributed by atoms with Gasteiger partial charge in [-0.1, -0.05) is 42.5 Å². The van der Waals surface area contributed by atoms with Gasteiger partial charge in [0.05, 0.1) is 22.4 Å². The molecule has 0 aliphatic heterocycles. The van der Waals surface area contributed by atoms with E-state index in [1.54, 1.807) is 29.2 Å². The summed E-state index contributed by atoms with van der Waals surface area (Å²) in [5.74, 6) is -0.0479. The first-order chi connectivity index (χ1) is 11.8. The van der Waals surface area contributed by atoms with E-state index in [0.29, 0.717) is 10.5 Å². The quantitative estimate of drug-likeness (QED) is 0.703. The van der Waals surface area contributed by atoms with Crippen LogP contribution in [0.1, 0.15) is 26.3 Å². The van der Waals surface area contributed by atoms with Crippen LogP contribution >= 0.6 is 0 Å². The second-order valence-electron chi connectivity index (χ2n) is 7.11. The van der Waals surface area contributed by atoms with Gasteiger partial charge in [-0.2, -0.15) is 5.10 Å². The molecule has 25 heavy (non-hydrogen) atoms. The molecule has 0 aliphatic carbocycles. The minimum atomic E-state index is -3.40. The molecule has 5 heteroatoms. The monoisotopic (exact) mass is 354 g/mol. The Hall–Kier alpha value is -2.40. The fraction of sp³-hybridized carbons (Fsp3) is 0.250. The molecule has 130 valence electrons. The van der Waals surface area contributed by atoms with Gasteiger partial charge in [-0.05, 0) is 44.0 Å². The Balaban J connectivity index is 1.82. The molecule has 0 saturated carbocycles. The van der Waals surface area contributed by atoms with E-state index in [4.69, 9.17) is 0 Å². The van der Waals surface area contributed by atoms with Crippen molar-refractivity contribution < 1.29 is 8.42 Å². The molecule has 0 atom stereocenters. The highest BCUT2D eigenvalue weighted by molar-refractivity contribution is 7.90. The average Bonchev–Trinajstić information content (AvgIpc) is 3.04. The van der Waals surface area contributed by atoms with Crippen molar-refractivity contribution >= 4 is 9.84 Å². The number of hydrogen-bond donors (Lipinski definition) is 0. The second kappa shape index (κ2) is 6.48. The van der Waals surface area contributed by atoms with Crippen LogP contribution < -0.4 is 0 Å². The zero-order valence-corrected chi connectivity index (χ0v) is 15.5. The molecule has 0 saturated heterocycles. The number of sulfone groups is 1. The Labute approximate surface area is 149 Å². The number of benzene rings is 2. The second-order valence-corrected chi connectivity index (χ2v) is 9.10. The third-order valence-electron chi connectivity index (χ3n) is 4.00. The molecule has 3 aromatic rings. The topological polar surface area (TPSA) is 52.0 Å². The van der Waals surface area contributed by atoms with Gasteiger partial charge < -0.3 is 0 Å². The standard InChI is InChI=1S/C20H22N2O2S/c1-20(2,3)22-14-16(13-21-22)15-25(23,24)19-11-9-18(10-12-19)17-7-5-4-6-8-17/h4-14H,15H2,1-3H3. The van der Waals surface area contributed by atoms with Crippen molar-refractivity contribution in [2.45, 2.75) is 37.0 Å². The Morgan fingerprint density at radius 3 is 2.08 bits per heavy atom. The van der Waals surface area contributed by atoms with Crippen molar-refractivity contribution in [1.82, 2.24) is 9.78 Å². The van der Waals surface area contributed by atoms with E-state index in [-0.39, 0.29) is 11.3 Å². The SMILES string of the molecule is CC(C)(C)n1cc(CS(=O)(=O)c2ccc(-c3ccccc3)cc2)cn1. The molecule has 2 aromatic carbocycles. The van der Waals surface area contributed by atoms with E-state index < -0.39 is 9.84 Å². The lowest BCUT2D eigenvalue weighted by molar-refractivity contribution is 0.355. The number of hydrogen-bond acceptors (Lipinski definition) is 3. The molecule has 0 bridgehead atoms. The summed E-state index contributed by atoms with van der Waals surface area (Å²) in [5, 5.41) is 4.27. The van der Waals surface area contributed by atoms with Crippen molar-refractivity contribution in [3.8, 4) is 11.1 Å². The largest absolute Gasteiger partial charge is 0.267 e. The van der Waals surface area contributed by atoms with E-state index in [9.17, 15) is 8.42 Å². The van der Waals surface area contributed by atoms with Gasteiger partial charge in [0.25, 0.3) is 0 Å². The molecule has 1 heterocycles. The highest BCUT2D eigenvalue weighted by atomic mass is 32.2. The maximum Gasteiger partial charge on any atom is 0.182 e. The van der Waals surface area contributed by atoms with Gasteiger partial charge in [0.1, 0.15) is 0 Å². The lowest BCUT2D eigenvalue weighted by Crippen LogP contribution is -2.22. The Bertz CT molecular complexity index is 951. The zero-order chi connectivity index (χ0) is 18.1. The summed E-state index contributed by atoms with van der Waals surface area (Å²) in [4.78, 5) is 0.329. The lowest BCUT2D eigenvalue weighted by atomic mass is 10.1. The molecule has 0 aliphatic rings. The number of rotatable bonds is 4. The normalized spacial score (nSPS) is 12.3. The van der Waals surface area contributed by atoms with Crippen LogP contribution in [0.3, 0.4) is 0 Å². The molecular weight excluding hydrogens is 332 g/mol. The smallest absolute Gasteiger partial charge is 0.182 e. The molecule has 0 spiro atoms. The van der Waals surface area contributed by atoms with Gasteiger partial charge in [-0.15, -0.1) is 0 Å². The van der Waals surface area contributed by atoms with Crippen LogP contribution in [0.25, 0.3) is 11.1 Å². The summed E-state index contributed by atoms with van der Waals surface area (Å²) in [6.07, 6.45) is 3.43. The first-order valence-electron chi connectivity index (χ1n) is 8.18. The third-order valence-corrected chi connectivity index (χ3v) is 5.70. The Morgan fingerprint density at radius 1 is 0.920 bits per heavy atom. The highest BCUT2D eigenvalue weighted by Crippen LogP contribution is 2.23.